The minimum atomic E-state index is -0.702. The van der Waals surface area contributed by atoms with Crippen LogP contribution >= 0.6 is 0 Å². The van der Waals surface area contributed by atoms with Crippen LogP contribution in [0.2, 0.25) is 0 Å². The Morgan fingerprint density at radius 1 is 1.44 bits per heavy atom. The minimum absolute atomic E-state index is 0.255. The minimum Gasteiger partial charge on any atom is -0.481 e. The molecule has 2 fully saturated rings. The number of rotatable bonds is 5. The third-order valence-electron chi connectivity index (χ3n) is 3.76. The third kappa shape index (κ3) is 4.55. The maximum Gasteiger partial charge on any atom is 0.303 e. The highest BCUT2D eigenvalue weighted by molar-refractivity contribution is 5.66. The van der Waals surface area contributed by atoms with E-state index in [1.165, 1.54) is 12.8 Å². The van der Waals surface area contributed by atoms with Crippen molar-refractivity contribution in [3.63, 3.8) is 0 Å². The molecule has 0 spiro atoms. The van der Waals surface area contributed by atoms with Crippen LogP contribution in [0.1, 0.15) is 32.1 Å². The van der Waals surface area contributed by atoms with Crippen LogP contribution in [0.5, 0.6) is 0 Å². The van der Waals surface area contributed by atoms with Gasteiger partial charge in [0.2, 0.25) is 0 Å². The largest absolute Gasteiger partial charge is 0.481 e. The van der Waals surface area contributed by atoms with E-state index < -0.39 is 5.97 Å². The SMILES string of the molecule is O=C(O)CCC1CN(CC2CCCO2)CCCN1. The van der Waals surface area contributed by atoms with Gasteiger partial charge in [0, 0.05) is 32.2 Å². The van der Waals surface area contributed by atoms with Gasteiger partial charge in [-0.25, -0.2) is 0 Å². The van der Waals surface area contributed by atoms with Gasteiger partial charge in [-0.3, -0.25) is 9.69 Å². The van der Waals surface area contributed by atoms with E-state index in [-0.39, 0.29) is 6.42 Å². The summed E-state index contributed by atoms with van der Waals surface area (Å²) in [5.41, 5.74) is 0. The van der Waals surface area contributed by atoms with Crippen LogP contribution < -0.4 is 5.32 Å². The van der Waals surface area contributed by atoms with Crippen molar-refractivity contribution < 1.29 is 14.6 Å². The molecule has 2 aliphatic rings. The Kier molecular flexibility index (Phi) is 5.41. The number of nitrogens with one attached hydrogen (secondary N) is 1. The van der Waals surface area contributed by atoms with Crippen LogP contribution in [-0.2, 0) is 9.53 Å². The van der Waals surface area contributed by atoms with Crippen molar-refractivity contribution in [2.45, 2.75) is 44.2 Å². The van der Waals surface area contributed by atoms with Crippen molar-refractivity contribution in [1.82, 2.24) is 10.2 Å². The summed E-state index contributed by atoms with van der Waals surface area (Å²) < 4.78 is 5.67. The first-order valence-electron chi connectivity index (χ1n) is 7.03. The van der Waals surface area contributed by atoms with Gasteiger partial charge >= 0.3 is 5.97 Å². The van der Waals surface area contributed by atoms with Crippen molar-refractivity contribution in [3.8, 4) is 0 Å². The van der Waals surface area contributed by atoms with Crippen molar-refractivity contribution in [2.75, 3.05) is 32.8 Å². The van der Waals surface area contributed by atoms with Gasteiger partial charge in [-0.2, -0.15) is 0 Å². The average Bonchev–Trinajstić information content (AvgIpc) is 2.73. The molecule has 2 saturated heterocycles. The number of hydrogen-bond donors (Lipinski definition) is 2. The molecule has 0 aromatic carbocycles. The molecule has 0 aliphatic carbocycles. The molecule has 2 unspecified atom stereocenters. The molecule has 5 nitrogen and oxygen atoms in total. The molecule has 0 saturated carbocycles. The van der Waals surface area contributed by atoms with E-state index in [0.717, 1.165) is 45.6 Å². The fraction of sp³-hybridized carbons (Fsp3) is 0.923. The molecule has 0 amide bonds. The summed E-state index contributed by atoms with van der Waals surface area (Å²) in [5, 5.41) is 12.2. The summed E-state index contributed by atoms with van der Waals surface area (Å²) in [6, 6.07) is 0.310. The molecule has 0 aromatic rings. The van der Waals surface area contributed by atoms with E-state index in [9.17, 15) is 4.79 Å². The Hall–Kier alpha value is -0.650. The average molecular weight is 256 g/mol. The molecule has 2 aliphatic heterocycles. The van der Waals surface area contributed by atoms with E-state index >= 15 is 0 Å². The number of carbonyl (C=O) groups is 1. The first-order valence-corrected chi connectivity index (χ1v) is 7.03. The van der Waals surface area contributed by atoms with Crippen LogP contribution in [0.25, 0.3) is 0 Å². The molecule has 0 bridgehead atoms. The smallest absolute Gasteiger partial charge is 0.303 e. The second-order valence-corrected chi connectivity index (χ2v) is 5.33. The molecule has 5 heteroatoms. The van der Waals surface area contributed by atoms with E-state index in [4.69, 9.17) is 9.84 Å². The number of hydrogen-bond acceptors (Lipinski definition) is 4. The number of carboxylic acid groups (broad SMARTS) is 1. The van der Waals surface area contributed by atoms with Gasteiger partial charge in [0.05, 0.1) is 6.10 Å². The second-order valence-electron chi connectivity index (χ2n) is 5.33. The van der Waals surface area contributed by atoms with Gasteiger partial charge in [-0.05, 0) is 38.8 Å². The number of nitrogens with zero attached hydrogens (tertiary/aromatic N) is 1. The molecule has 2 N–H and O–H groups in total. The number of carboxylic acids is 1. The van der Waals surface area contributed by atoms with Gasteiger partial charge in [-0.15, -0.1) is 0 Å². The molecule has 2 rings (SSSR count). The van der Waals surface area contributed by atoms with E-state index in [0.29, 0.717) is 12.1 Å². The Morgan fingerprint density at radius 2 is 2.33 bits per heavy atom. The standard InChI is InChI=1S/C13H24N2O3/c16-13(17)5-4-11-9-15(7-2-6-14-11)10-12-3-1-8-18-12/h11-12,14H,1-10H2,(H,16,17). The highest BCUT2D eigenvalue weighted by atomic mass is 16.5. The quantitative estimate of drug-likeness (QED) is 0.758. The lowest BCUT2D eigenvalue weighted by atomic mass is 10.1. The fourth-order valence-corrected chi connectivity index (χ4v) is 2.81. The van der Waals surface area contributed by atoms with Crippen LogP contribution in [0, 0.1) is 0 Å². The summed E-state index contributed by atoms with van der Waals surface area (Å²) in [6.07, 6.45) is 4.85. The van der Waals surface area contributed by atoms with Crippen molar-refractivity contribution in [3.05, 3.63) is 0 Å². The molecule has 0 aromatic heterocycles. The second kappa shape index (κ2) is 7.07. The topological polar surface area (TPSA) is 61.8 Å². The molecule has 2 atom stereocenters. The Morgan fingerprint density at radius 3 is 3.06 bits per heavy atom. The zero-order valence-electron chi connectivity index (χ0n) is 10.9. The molecule has 104 valence electrons. The lowest BCUT2D eigenvalue weighted by molar-refractivity contribution is -0.137. The predicted molar refractivity (Wildman–Crippen MR) is 68.7 cm³/mol. The van der Waals surface area contributed by atoms with Crippen molar-refractivity contribution in [2.24, 2.45) is 0 Å². The van der Waals surface area contributed by atoms with Crippen LogP contribution in [0.3, 0.4) is 0 Å². The summed E-state index contributed by atoms with van der Waals surface area (Å²) in [4.78, 5) is 13.1. The van der Waals surface area contributed by atoms with Gasteiger partial charge in [0.15, 0.2) is 0 Å². The van der Waals surface area contributed by atoms with E-state index in [2.05, 4.69) is 10.2 Å². The van der Waals surface area contributed by atoms with Gasteiger partial charge in [-0.1, -0.05) is 0 Å². The zero-order valence-corrected chi connectivity index (χ0v) is 10.9. The Bertz CT molecular complexity index is 267. The summed E-state index contributed by atoms with van der Waals surface area (Å²) >= 11 is 0. The van der Waals surface area contributed by atoms with Gasteiger partial charge in [0.25, 0.3) is 0 Å². The zero-order chi connectivity index (χ0) is 12.8. The monoisotopic (exact) mass is 256 g/mol. The van der Waals surface area contributed by atoms with Crippen molar-refractivity contribution >= 4 is 5.97 Å². The Balaban J connectivity index is 1.76. The normalized spacial score (nSPS) is 30.2. The summed E-state index contributed by atoms with van der Waals surface area (Å²) in [5.74, 6) is -0.702. The first-order chi connectivity index (χ1) is 8.74. The van der Waals surface area contributed by atoms with E-state index in [1.807, 2.05) is 0 Å². The number of ether oxygens (including phenoxy) is 1. The predicted octanol–water partition coefficient (Wildman–Crippen LogP) is 0.694. The molecule has 2 heterocycles. The molecule has 18 heavy (non-hydrogen) atoms. The highest BCUT2D eigenvalue weighted by Crippen LogP contribution is 2.15. The fourth-order valence-electron chi connectivity index (χ4n) is 2.81. The Labute approximate surface area is 108 Å². The number of aliphatic carboxylic acids is 1. The van der Waals surface area contributed by atoms with Crippen molar-refractivity contribution in [1.29, 1.82) is 0 Å². The highest BCUT2D eigenvalue weighted by Gasteiger charge is 2.23. The first kappa shape index (κ1) is 13.8. The van der Waals surface area contributed by atoms with Crippen LogP contribution in [-0.4, -0.2) is 60.9 Å². The van der Waals surface area contributed by atoms with Crippen LogP contribution in [0.15, 0.2) is 0 Å². The van der Waals surface area contributed by atoms with Crippen LogP contribution in [0.4, 0.5) is 0 Å². The molecular formula is C13H24N2O3. The maximum atomic E-state index is 10.6. The summed E-state index contributed by atoms with van der Waals surface area (Å²) in [6.45, 7) is 4.94. The van der Waals surface area contributed by atoms with Gasteiger partial charge in [0.1, 0.15) is 0 Å². The molecule has 0 radical (unpaired) electrons. The van der Waals surface area contributed by atoms with Gasteiger partial charge < -0.3 is 15.2 Å². The van der Waals surface area contributed by atoms with E-state index in [1.54, 1.807) is 0 Å². The lowest BCUT2D eigenvalue weighted by Crippen LogP contribution is -2.40. The lowest BCUT2D eigenvalue weighted by Gasteiger charge is -2.26. The summed E-state index contributed by atoms with van der Waals surface area (Å²) in [7, 11) is 0. The third-order valence-corrected chi connectivity index (χ3v) is 3.76. The maximum absolute atomic E-state index is 10.6. The molecular weight excluding hydrogens is 232 g/mol.